The first kappa shape index (κ1) is 21.5. The third-order valence-electron chi connectivity index (χ3n) is 5.54. The Hall–Kier alpha value is -2.77. The Morgan fingerprint density at radius 2 is 2.00 bits per heavy atom. The van der Waals surface area contributed by atoms with Gasteiger partial charge in [0.15, 0.2) is 5.11 Å². The fourth-order valence-corrected chi connectivity index (χ4v) is 5.20. The van der Waals surface area contributed by atoms with Crippen LogP contribution in [0.5, 0.6) is 0 Å². The minimum atomic E-state index is -0.0697. The molecule has 0 aliphatic carbocycles. The minimum Gasteiger partial charge on any atom is -0.351 e. The van der Waals surface area contributed by atoms with Crippen LogP contribution in [0.15, 0.2) is 54.0 Å². The summed E-state index contributed by atoms with van der Waals surface area (Å²) in [5.74, 6) is -0.0590. The molecule has 3 aromatic rings. The number of hydrogen-bond acceptors (Lipinski definition) is 4. The lowest BCUT2D eigenvalue weighted by Crippen LogP contribution is -2.29. The van der Waals surface area contributed by atoms with Gasteiger partial charge in [-0.25, -0.2) is 0 Å². The van der Waals surface area contributed by atoms with Crippen LogP contribution in [-0.2, 0) is 4.79 Å². The van der Waals surface area contributed by atoms with E-state index in [0.29, 0.717) is 5.11 Å². The number of nitrogens with one attached hydrogen (secondary N) is 2. The van der Waals surface area contributed by atoms with Crippen molar-refractivity contribution < 1.29 is 4.79 Å². The molecule has 2 atom stereocenters. The van der Waals surface area contributed by atoms with E-state index in [1.54, 1.807) is 11.3 Å². The maximum absolute atomic E-state index is 12.1. The highest BCUT2D eigenvalue weighted by Gasteiger charge is 2.42. The molecule has 2 aromatic heterocycles. The van der Waals surface area contributed by atoms with Crippen molar-refractivity contribution >= 4 is 45.9 Å². The van der Waals surface area contributed by atoms with E-state index >= 15 is 0 Å². The average molecular weight is 451 g/mol. The quantitative estimate of drug-likeness (QED) is 0.501. The van der Waals surface area contributed by atoms with E-state index in [4.69, 9.17) is 12.2 Å². The van der Waals surface area contributed by atoms with Gasteiger partial charge >= 0.3 is 0 Å². The molecule has 2 N–H and O–H groups in total. The van der Waals surface area contributed by atoms with E-state index in [2.05, 4.69) is 45.0 Å². The molecular weight excluding hydrogens is 424 g/mol. The Morgan fingerprint density at radius 1 is 1.19 bits per heavy atom. The largest absolute Gasteiger partial charge is 0.351 e. The number of aryl methyl sites for hydroxylation is 2. The fraction of sp³-hybridized carbons (Fsp3) is 0.292. The van der Waals surface area contributed by atoms with Crippen molar-refractivity contribution in [3.05, 3.63) is 75.7 Å². The number of amides is 1. The van der Waals surface area contributed by atoms with Gasteiger partial charge in [0.25, 0.3) is 0 Å². The van der Waals surface area contributed by atoms with E-state index in [0.717, 1.165) is 22.6 Å². The molecule has 0 radical (unpaired) electrons. The summed E-state index contributed by atoms with van der Waals surface area (Å²) < 4.78 is 0. The standard InChI is InChI=1S/C24H26N4OS2/c1-14(2)23(29)26-18-9-8-17(13-16(18)4)28-21(22-15(3)10-12-31-22)20(27-24(28)30)19-7-5-6-11-25-19/h5-14,20-21H,1-4H3,(H,26,29)(H,27,30)/t20-,21+/m1/s1. The van der Waals surface area contributed by atoms with Crippen LogP contribution in [0.4, 0.5) is 11.4 Å². The van der Waals surface area contributed by atoms with Crippen LogP contribution < -0.4 is 15.5 Å². The van der Waals surface area contributed by atoms with Crippen LogP contribution in [-0.4, -0.2) is 16.0 Å². The molecule has 1 amide bonds. The van der Waals surface area contributed by atoms with E-state index in [1.165, 1.54) is 10.4 Å². The van der Waals surface area contributed by atoms with Crippen LogP contribution in [0.1, 0.15) is 47.6 Å². The van der Waals surface area contributed by atoms with Gasteiger partial charge in [0.2, 0.25) is 5.91 Å². The van der Waals surface area contributed by atoms with Crippen LogP contribution in [0.25, 0.3) is 0 Å². The predicted molar refractivity (Wildman–Crippen MR) is 132 cm³/mol. The van der Waals surface area contributed by atoms with Crippen molar-refractivity contribution in [3.8, 4) is 0 Å². The molecule has 0 unspecified atom stereocenters. The molecule has 4 rings (SSSR count). The first-order valence-electron chi connectivity index (χ1n) is 10.3. The summed E-state index contributed by atoms with van der Waals surface area (Å²) in [7, 11) is 0. The van der Waals surface area contributed by atoms with Gasteiger partial charge in [-0.05, 0) is 79.0 Å². The number of pyridine rings is 1. The summed E-state index contributed by atoms with van der Waals surface area (Å²) in [6, 6.07) is 14.1. The summed E-state index contributed by atoms with van der Waals surface area (Å²) in [5, 5.41) is 9.30. The van der Waals surface area contributed by atoms with Gasteiger partial charge in [-0.3, -0.25) is 9.78 Å². The van der Waals surface area contributed by atoms with Gasteiger partial charge in [0.1, 0.15) is 0 Å². The molecule has 0 spiro atoms. The molecule has 1 fully saturated rings. The summed E-state index contributed by atoms with van der Waals surface area (Å²) in [6.07, 6.45) is 1.82. The number of hydrogen-bond donors (Lipinski definition) is 2. The number of nitrogens with zero attached hydrogens (tertiary/aromatic N) is 2. The molecule has 7 heteroatoms. The van der Waals surface area contributed by atoms with Crippen LogP contribution in [0, 0.1) is 19.8 Å². The molecule has 160 valence electrons. The SMILES string of the molecule is Cc1cc(N2C(=S)N[C@H](c3ccccn3)[C@H]2c2sccc2C)ccc1NC(=O)C(C)C. The lowest BCUT2D eigenvalue weighted by molar-refractivity contribution is -0.118. The van der Waals surface area contributed by atoms with Crippen molar-refractivity contribution in [1.29, 1.82) is 0 Å². The monoisotopic (exact) mass is 450 g/mol. The smallest absolute Gasteiger partial charge is 0.226 e. The van der Waals surface area contributed by atoms with Crippen molar-refractivity contribution in [2.45, 2.75) is 39.8 Å². The summed E-state index contributed by atoms with van der Waals surface area (Å²) in [6.45, 7) is 7.92. The van der Waals surface area contributed by atoms with Gasteiger partial charge in [0, 0.05) is 28.4 Å². The molecule has 3 heterocycles. The van der Waals surface area contributed by atoms with Crippen molar-refractivity contribution in [2.75, 3.05) is 10.2 Å². The number of thiophene rings is 1. The highest BCUT2D eigenvalue weighted by Crippen LogP contribution is 2.44. The second-order valence-electron chi connectivity index (χ2n) is 8.11. The van der Waals surface area contributed by atoms with E-state index in [-0.39, 0.29) is 23.9 Å². The first-order chi connectivity index (χ1) is 14.9. The molecule has 1 aliphatic rings. The maximum atomic E-state index is 12.1. The maximum Gasteiger partial charge on any atom is 0.226 e. The molecule has 1 aliphatic heterocycles. The Balaban J connectivity index is 1.74. The van der Waals surface area contributed by atoms with Crippen LogP contribution in [0.2, 0.25) is 0 Å². The van der Waals surface area contributed by atoms with Crippen molar-refractivity contribution in [2.24, 2.45) is 5.92 Å². The Labute approximate surface area is 192 Å². The summed E-state index contributed by atoms with van der Waals surface area (Å²) in [5.41, 5.74) is 5.02. The van der Waals surface area contributed by atoms with Crippen LogP contribution >= 0.6 is 23.6 Å². The number of rotatable bonds is 5. The van der Waals surface area contributed by atoms with Crippen molar-refractivity contribution in [1.82, 2.24) is 10.3 Å². The second kappa shape index (κ2) is 8.77. The molecule has 0 bridgehead atoms. The first-order valence-corrected chi connectivity index (χ1v) is 11.6. The van der Waals surface area contributed by atoms with E-state index < -0.39 is 0 Å². The van der Waals surface area contributed by atoms with Gasteiger partial charge in [-0.2, -0.15) is 0 Å². The predicted octanol–water partition coefficient (Wildman–Crippen LogP) is 5.53. The lowest BCUT2D eigenvalue weighted by atomic mass is 10.00. The fourth-order valence-electron chi connectivity index (χ4n) is 3.80. The summed E-state index contributed by atoms with van der Waals surface area (Å²) >= 11 is 7.53. The molecule has 1 saturated heterocycles. The Morgan fingerprint density at radius 3 is 2.61 bits per heavy atom. The van der Waals surface area contributed by atoms with Crippen LogP contribution in [0.3, 0.4) is 0 Å². The van der Waals surface area contributed by atoms with E-state index in [9.17, 15) is 4.79 Å². The average Bonchev–Trinajstić information content (AvgIpc) is 3.32. The Bertz CT molecular complexity index is 1110. The molecule has 0 saturated carbocycles. The molecule has 5 nitrogen and oxygen atoms in total. The van der Waals surface area contributed by atoms with Gasteiger partial charge in [0.05, 0.1) is 17.8 Å². The zero-order chi connectivity index (χ0) is 22.1. The number of benzene rings is 1. The topological polar surface area (TPSA) is 57.3 Å². The molecular formula is C24H26N4OS2. The third-order valence-corrected chi connectivity index (χ3v) is 6.94. The Kier molecular flexibility index (Phi) is 6.07. The summed E-state index contributed by atoms with van der Waals surface area (Å²) in [4.78, 5) is 20.2. The number of carbonyl (C=O) groups is 1. The highest BCUT2D eigenvalue weighted by molar-refractivity contribution is 7.80. The van der Waals surface area contributed by atoms with Gasteiger partial charge in [-0.1, -0.05) is 19.9 Å². The third kappa shape index (κ3) is 4.20. The lowest BCUT2D eigenvalue weighted by Gasteiger charge is -2.28. The molecule has 1 aromatic carbocycles. The van der Waals surface area contributed by atoms with Gasteiger partial charge in [-0.15, -0.1) is 11.3 Å². The van der Waals surface area contributed by atoms with Gasteiger partial charge < -0.3 is 15.5 Å². The number of aromatic nitrogens is 1. The zero-order valence-corrected chi connectivity index (χ0v) is 19.7. The zero-order valence-electron chi connectivity index (χ0n) is 18.0. The molecule has 31 heavy (non-hydrogen) atoms. The second-order valence-corrected chi connectivity index (χ2v) is 9.44. The number of anilines is 2. The normalized spacial score (nSPS) is 18.4. The van der Waals surface area contributed by atoms with E-state index in [1.807, 2.05) is 57.3 Å². The number of carbonyl (C=O) groups excluding carboxylic acids is 1. The highest BCUT2D eigenvalue weighted by atomic mass is 32.1. The van der Waals surface area contributed by atoms with Crippen molar-refractivity contribution in [3.63, 3.8) is 0 Å². The minimum absolute atomic E-state index is 0.00194. The number of thiocarbonyl (C=S) groups is 1.